The molecule has 0 saturated heterocycles. The van der Waals surface area contributed by atoms with E-state index in [1.807, 2.05) is 0 Å². The van der Waals surface area contributed by atoms with E-state index in [0.717, 1.165) is 11.8 Å². The number of benzene rings is 1. The molecule has 1 atom stereocenters. The van der Waals surface area contributed by atoms with Gasteiger partial charge >= 0.3 is 0 Å². The minimum Gasteiger partial charge on any atom is -0.271 e. The van der Waals surface area contributed by atoms with Crippen LogP contribution in [0.2, 0.25) is 0 Å². The van der Waals surface area contributed by atoms with Gasteiger partial charge in [0.05, 0.1) is 0 Å². The molecule has 0 aromatic heterocycles. The Morgan fingerprint density at radius 3 is 2.15 bits per heavy atom. The van der Waals surface area contributed by atoms with Crippen LogP contribution < -0.4 is 11.3 Å². The summed E-state index contributed by atoms with van der Waals surface area (Å²) >= 11 is 0. The van der Waals surface area contributed by atoms with Crippen LogP contribution in [0, 0.1) is 17.8 Å². The van der Waals surface area contributed by atoms with Gasteiger partial charge in [-0.2, -0.15) is 0 Å². The molecule has 110 valence electrons. The largest absolute Gasteiger partial charge is 0.271 e. The fourth-order valence-electron chi connectivity index (χ4n) is 4.46. The molecule has 3 N–H and O–H groups in total. The van der Waals surface area contributed by atoms with Crippen LogP contribution in [-0.4, -0.2) is 6.04 Å². The van der Waals surface area contributed by atoms with Crippen LogP contribution in [0.5, 0.6) is 0 Å². The molecule has 0 bridgehead atoms. The van der Waals surface area contributed by atoms with E-state index in [9.17, 15) is 0 Å². The van der Waals surface area contributed by atoms with Crippen molar-refractivity contribution in [3.63, 3.8) is 0 Å². The molecule has 2 heteroatoms. The molecule has 2 aliphatic carbocycles. The summed E-state index contributed by atoms with van der Waals surface area (Å²) in [4.78, 5) is 0. The second kappa shape index (κ2) is 6.28. The highest BCUT2D eigenvalue weighted by molar-refractivity contribution is 5.32. The number of hydrazine groups is 1. The quantitative estimate of drug-likeness (QED) is 0.651. The van der Waals surface area contributed by atoms with Gasteiger partial charge in [0.15, 0.2) is 0 Å². The SMILES string of the molecule is CCC1CCC(C(NN)C2Cc3ccccc3C2)CC1. The van der Waals surface area contributed by atoms with Crippen LogP contribution in [0.4, 0.5) is 0 Å². The first kappa shape index (κ1) is 14.1. The summed E-state index contributed by atoms with van der Waals surface area (Å²) < 4.78 is 0. The Kier molecular flexibility index (Phi) is 4.42. The van der Waals surface area contributed by atoms with Crippen LogP contribution in [-0.2, 0) is 12.8 Å². The number of nitrogens with one attached hydrogen (secondary N) is 1. The standard InChI is InChI=1S/C18H28N2/c1-2-13-7-9-14(10-8-13)18(20-19)17-11-15-5-3-4-6-16(15)12-17/h3-6,13-14,17-18,20H,2,7-12,19H2,1H3. The van der Waals surface area contributed by atoms with E-state index in [2.05, 4.69) is 36.6 Å². The van der Waals surface area contributed by atoms with Crippen molar-refractivity contribution in [3.05, 3.63) is 35.4 Å². The molecular weight excluding hydrogens is 244 g/mol. The van der Waals surface area contributed by atoms with Crippen molar-refractivity contribution in [2.45, 2.75) is 57.9 Å². The maximum Gasteiger partial charge on any atom is 0.0273 e. The predicted molar refractivity (Wildman–Crippen MR) is 84.2 cm³/mol. The van der Waals surface area contributed by atoms with Crippen molar-refractivity contribution in [3.8, 4) is 0 Å². The van der Waals surface area contributed by atoms with Gasteiger partial charge in [-0.25, -0.2) is 0 Å². The lowest BCUT2D eigenvalue weighted by molar-refractivity contribution is 0.178. The molecule has 20 heavy (non-hydrogen) atoms. The third-order valence-corrected chi connectivity index (χ3v) is 5.76. The molecule has 2 nitrogen and oxygen atoms in total. The molecule has 0 aliphatic heterocycles. The first-order chi connectivity index (χ1) is 9.81. The van der Waals surface area contributed by atoms with Crippen molar-refractivity contribution in [2.75, 3.05) is 0 Å². The number of rotatable bonds is 4. The minimum atomic E-state index is 0.500. The highest BCUT2D eigenvalue weighted by Crippen LogP contribution is 2.38. The van der Waals surface area contributed by atoms with Crippen molar-refractivity contribution in [1.29, 1.82) is 0 Å². The highest BCUT2D eigenvalue weighted by Gasteiger charge is 2.34. The molecule has 0 amide bonds. The molecule has 0 radical (unpaired) electrons. The summed E-state index contributed by atoms with van der Waals surface area (Å²) in [5.41, 5.74) is 6.26. The molecular formula is C18H28N2. The van der Waals surface area contributed by atoms with E-state index in [1.54, 1.807) is 11.1 Å². The van der Waals surface area contributed by atoms with Crippen molar-refractivity contribution >= 4 is 0 Å². The Hall–Kier alpha value is -0.860. The summed E-state index contributed by atoms with van der Waals surface area (Å²) in [5, 5.41) is 0. The van der Waals surface area contributed by atoms with Crippen LogP contribution in [0.1, 0.15) is 50.2 Å². The van der Waals surface area contributed by atoms with Crippen LogP contribution in [0.15, 0.2) is 24.3 Å². The topological polar surface area (TPSA) is 38.0 Å². The summed E-state index contributed by atoms with van der Waals surface area (Å²) in [6.07, 6.45) is 9.29. The number of fused-ring (bicyclic) bond motifs is 1. The van der Waals surface area contributed by atoms with Crippen molar-refractivity contribution < 1.29 is 0 Å². The van der Waals surface area contributed by atoms with Crippen molar-refractivity contribution in [2.24, 2.45) is 23.6 Å². The van der Waals surface area contributed by atoms with Gasteiger partial charge in [-0.05, 0) is 54.6 Å². The lowest BCUT2D eigenvalue weighted by Crippen LogP contribution is -2.47. The Bertz CT molecular complexity index is 410. The molecule has 1 unspecified atom stereocenters. The van der Waals surface area contributed by atoms with Crippen LogP contribution in [0.3, 0.4) is 0 Å². The molecule has 2 aliphatic rings. The maximum absolute atomic E-state index is 5.94. The summed E-state index contributed by atoms with van der Waals surface area (Å²) in [7, 11) is 0. The molecule has 1 saturated carbocycles. The Labute approximate surface area is 123 Å². The Morgan fingerprint density at radius 1 is 1.05 bits per heavy atom. The number of nitrogens with two attached hydrogens (primary N) is 1. The molecule has 1 fully saturated rings. The monoisotopic (exact) mass is 272 g/mol. The first-order valence-electron chi connectivity index (χ1n) is 8.34. The van der Waals surface area contributed by atoms with Gasteiger partial charge < -0.3 is 0 Å². The molecule has 0 spiro atoms. The van der Waals surface area contributed by atoms with E-state index < -0.39 is 0 Å². The zero-order valence-electron chi connectivity index (χ0n) is 12.6. The zero-order chi connectivity index (χ0) is 13.9. The summed E-state index contributed by atoms with van der Waals surface area (Å²) in [5.74, 6) is 8.37. The van der Waals surface area contributed by atoms with Gasteiger partial charge in [0.1, 0.15) is 0 Å². The van der Waals surface area contributed by atoms with E-state index in [0.29, 0.717) is 12.0 Å². The molecule has 3 rings (SSSR count). The maximum atomic E-state index is 5.94. The number of hydrogen-bond donors (Lipinski definition) is 2. The summed E-state index contributed by atoms with van der Waals surface area (Å²) in [6.45, 7) is 2.33. The lowest BCUT2D eigenvalue weighted by Gasteiger charge is -2.36. The van der Waals surface area contributed by atoms with Gasteiger partial charge in [0.25, 0.3) is 0 Å². The van der Waals surface area contributed by atoms with Gasteiger partial charge in [-0.15, -0.1) is 0 Å². The highest BCUT2D eigenvalue weighted by atomic mass is 15.2. The van der Waals surface area contributed by atoms with Gasteiger partial charge in [0.2, 0.25) is 0 Å². The lowest BCUT2D eigenvalue weighted by atomic mass is 9.74. The predicted octanol–water partition coefficient (Wildman–Crippen LogP) is 3.45. The second-order valence-electron chi connectivity index (χ2n) is 6.82. The fraction of sp³-hybridized carbons (Fsp3) is 0.667. The second-order valence-corrected chi connectivity index (χ2v) is 6.82. The van der Waals surface area contributed by atoms with Crippen LogP contribution >= 0.6 is 0 Å². The van der Waals surface area contributed by atoms with E-state index in [4.69, 9.17) is 5.84 Å². The van der Waals surface area contributed by atoms with E-state index in [-0.39, 0.29) is 0 Å². The number of hydrogen-bond acceptors (Lipinski definition) is 2. The third kappa shape index (κ3) is 2.77. The minimum absolute atomic E-state index is 0.500. The fourth-order valence-corrected chi connectivity index (χ4v) is 4.46. The van der Waals surface area contributed by atoms with Crippen LogP contribution in [0.25, 0.3) is 0 Å². The zero-order valence-corrected chi connectivity index (χ0v) is 12.6. The van der Waals surface area contributed by atoms with E-state index >= 15 is 0 Å². The van der Waals surface area contributed by atoms with Crippen molar-refractivity contribution in [1.82, 2.24) is 5.43 Å². The van der Waals surface area contributed by atoms with Gasteiger partial charge in [0, 0.05) is 6.04 Å². The molecule has 1 aromatic rings. The average molecular weight is 272 g/mol. The van der Waals surface area contributed by atoms with E-state index in [1.165, 1.54) is 44.9 Å². The molecule has 1 aromatic carbocycles. The Morgan fingerprint density at radius 2 is 1.65 bits per heavy atom. The van der Waals surface area contributed by atoms with Gasteiger partial charge in [-0.3, -0.25) is 11.3 Å². The summed E-state index contributed by atoms with van der Waals surface area (Å²) in [6, 6.07) is 9.41. The normalized spacial score (nSPS) is 28.3. The third-order valence-electron chi connectivity index (χ3n) is 5.76. The Balaban J connectivity index is 1.64. The smallest absolute Gasteiger partial charge is 0.0273 e. The average Bonchev–Trinajstić information content (AvgIpc) is 2.92. The van der Waals surface area contributed by atoms with Gasteiger partial charge in [-0.1, -0.05) is 50.5 Å². The molecule has 0 heterocycles. The first-order valence-corrected chi connectivity index (χ1v) is 8.34.